The van der Waals surface area contributed by atoms with E-state index in [4.69, 9.17) is 32.5 Å². The van der Waals surface area contributed by atoms with E-state index < -0.39 is 20.4 Å². The summed E-state index contributed by atoms with van der Waals surface area (Å²) in [6.07, 6.45) is -0.232. The van der Waals surface area contributed by atoms with Gasteiger partial charge in [0.05, 0.1) is 5.75 Å². The van der Waals surface area contributed by atoms with Crippen LogP contribution in [0.2, 0.25) is 0 Å². The van der Waals surface area contributed by atoms with E-state index in [1.165, 1.54) is 0 Å². The summed E-state index contributed by atoms with van der Waals surface area (Å²) < 4.78 is 33.0. The Morgan fingerprint density at radius 3 is 2.31 bits per heavy atom. The molecule has 0 bridgehead atoms. The Kier molecular flexibility index (Phi) is 4.43. The van der Waals surface area contributed by atoms with Crippen molar-refractivity contribution in [2.75, 3.05) is 5.75 Å². The highest BCUT2D eigenvalue weighted by Gasteiger charge is 2.28. The predicted molar refractivity (Wildman–Crippen MR) is 62.5 cm³/mol. The van der Waals surface area contributed by atoms with Crippen LogP contribution in [0.5, 0.6) is 5.75 Å². The molecule has 7 heteroatoms. The zero-order valence-electron chi connectivity index (χ0n) is 8.14. The Hall–Kier alpha value is -0.490. The normalized spacial score (nSPS) is 12.4. The van der Waals surface area contributed by atoms with Gasteiger partial charge >= 0.3 is 0 Å². The molecule has 0 saturated heterocycles. The standard InChI is InChI=1S/C9H10Cl2O4S/c10-9(11,6-7-16(12,13)14)15-8-4-2-1-3-5-8/h1-5H,6-7H2,(H,12,13,14). The molecule has 0 saturated carbocycles. The molecule has 1 N–H and O–H groups in total. The van der Waals surface area contributed by atoms with Crippen LogP contribution in [0.4, 0.5) is 0 Å². The van der Waals surface area contributed by atoms with Crippen molar-refractivity contribution in [2.45, 2.75) is 10.9 Å². The smallest absolute Gasteiger partial charge is 0.265 e. The van der Waals surface area contributed by atoms with E-state index in [-0.39, 0.29) is 6.42 Å². The van der Waals surface area contributed by atoms with E-state index in [1.807, 2.05) is 0 Å². The summed E-state index contributed by atoms with van der Waals surface area (Å²) in [4.78, 5) is 0. The Bertz CT molecular complexity index is 430. The Morgan fingerprint density at radius 1 is 1.25 bits per heavy atom. The molecule has 1 aromatic carbocycles. The molecule has 4 nitrogen and oxygen atoms in total. The molecule has 1 rings (SSSR count). The van der Waals surface area contributed by atoms with E-state index >= 15 is 0 Å². The molecule has 16 heavy (non-hydrogen) atoms. The monoisotopic (exact) mass is 284 g/mol. The lowest BCUT2D eigenvalue weighted by molar-refractivity contribution is 0.237. The van der Waals surface area contributed by atoms with Gasteiger partial charge in [-0.1, -0.05) is 41.4 Å². The van der Waals surface area contributed by atoms with Gasteiger partial charge in [-0.2, -0.15) is 8.42 Å². The number of rotatable bonds is 5. The third kappa shape index (κ3) is 5.55. The van der Waals surface area contributed by atoms with Crippen molar-refractivity contribution in [3.63, 3.8) is 0 Å². The maximum Gasteiger partial charge on any atom is 0.265 e. The molecular weight excluding hydrogens is 275 g/mol. The molecule has 0 spiro atoms. The predicted octanol–water partition coefficient (Wildman–Crippen LogP) is 2.47. The molecular formula is C9H10Cl2O4S. The summed E-state index contributed by atoms with van der Waals surface area (Å²) >= 11 is 11.5. The Labute approximate surface area is 104 Å². The van der Waals surface area contributed by atoms with Gasteiger partial charge in [0.15, 0.2) is 0 Å². The molecule has 0 amide bonds. The molecule has 0 radical (unpaired) electrons. The lowest BCUT2D eigenvalue weighted by Crippen LogP contribution is -2.25. The van der Waals surface area contributed by atoms with Crippen LogP contribution in [-0.4, -0.2) is 23.2 Å². The van der Waals surface area contributed by atoms with E-state index in [0.29, 0.717) is 5.75 Å². The molecule has 0 fully saturated rings. The fraction of sp³-hybridized carbons (Fsp3) is 0.333. The van der Waals surface area contributed by atoms with Crippen molar-refractivity contribution in [3.8, 4) is 5.75 Å². The lowest BCUT2D eigenvalue weighted by atomic mass is 10.3. The minimum absolute atomic E-state index is 0.232. The second kappa shape index (κ2) is 5.23. The maximum absolute atomic E-state index is 10.5. The van der Waals surface area contributed by atoms with Crippen LogP contribution in [-0.2, 0) is 10.1 Å². The molecule has 0 atom stereocenters. The van der Waals surface area contributed by atoms with Crippen LogP contribution in [0.1, 0.15) is 6.42 Å². The number of alkyl halides is 2. The number of hydrogen-bond donors (Lipinski definition) is 1. The number of halogens is 2. The third-order valence-electron chi connectivity index (χ3n) is 1.66. The quantitative estimate of drug-likeness (QED) is 0.666. The van der Waals surface area contributed by atoms with E-state index in [9.17, 15) is 8.42 Å². The first-order chi connectivity index (χ1) is 7.29. The van der Waals surface area contributed by atoms with Crippen LogP contribution in [0.3, 0.4) is 0 Å². The largest absolute Gasteiger partial charge is 0.458 e. The molecule has 0 unspecified atom stereocenters. The number of ether oxygens (including phenoxy) is 1. The Morgan fingerprint density at radius 2 is 1.81 bits per heavy atom. The van der Waals surface area contributed by atoms with E-state index in [0.717, 1.165) is 0 Å². The fourth-order valence-electron chi connectivity index (χ4n) is 0.960. The SMILES string of the molecule is O=S(=O)(O)CCC(Cl)(Cl)Oc1ccccc1. The van der Waals surface area contributed by atoms with Crippen LogP contribution in [0.15, 0.2) is 30.3 Å². The second-order valence-electron chi connectivity index (χ2n) is 3.09. The first-order valence-corrected chi connectivity index (χ1v) is 6.72. The van der Waals surface area contributed by atoms with Gasteiger partial charge in [0.2, 0.25) is 0 Å². The third-order valence-corrected chi connectivity index (χ3v) is 2.91. The van der Waals surface area contributed by atoms with Gasteiger partial charge in [0, 0.05) is 6.42 Å². The van der Waals surface area contributed by atoms with Crippen molar-refractivity contribution < 1.29 is 17.7 Å². The lowest BCUT2D eigenvalue weighted by Gasteiger charge is -2.20. The zero-order chi connectivity index (χ0) is 12.2. The van der Waals surface area contributed by atoms with Gasteiger partial charge in [-0.3, -0.25) is 4.55 Å². The van der Waals surface area contributed by atoms with Crippen LogP contribution in [0, 0.1) is 0 Å². The first kappa shape index (κ1) is 13.6. The van der Waals surface area contributed by atoms with Crippen molar-refractivity contribution in [2.24, 2.45) is 0 Å². The Balaban J connectivity index is 2.59. The first-order valence-electron chi connectivity index (χ1n) is 4.36. The summed E-state index contributed by atoms with van der Waals surface area (Å²) in [6, 6.07) is 8.50. The summed E-state index contributed by atoms with van der Waals surface area (Å²) in [5.41, 5.74) is 0. The minimum atomic E-state index is -4.10. The highest BCUT2D eigenvalue weighted by molar-refractivity contribution is 7.85. The van der Waals surface area contributed by atoms with Crippen LogP contribution in [0.25, 0.3) is 0 Å². The zero-order valence-corrected chi connectivity index (χ0v) is 10.5. The van der Waals surface area contributed by atoms with Crippen molar-refractivity contribution in [1.82, 2.24) is 0 Å². The average Bonchev–Trinajstić information content (AvgIpc) is 2.15. The minimum Gasteiger partial charge on any atom is -0.458 e. The molecule has 0 aromatic heterocycles. The van der Waals surface area contributed by atoms with Crippen molar-refractivity contribution in [3.05, 3.63) is 30.3 Å². The van der Waals surface area contributed by atoms with Gasteiger partial charge in [0.25, 0.3) is 14.6 Å². The van der Waals surface area contributed by atoms with E-state index in [1.54, 1.807) is 30.3 Å². The molecule has 1 aromatic rings. The summed E-state index contributed by atoms with van der Waals surface area (Å²) in [5, 5.41) is 0. The fourth-order valence-corrected chi connectivity index (χ4v) is 2.10. The number of benzene rings is 1. The van der Waals surface area contributed by atoms with Crippen LogP contribution >= 0.6 is 23.2 Å². The summed E-state index contributed by atoms with van der Waals surface area (Å²) in [5.74, 6) is -0.143. The molecule has 0 heterocycles. The maximum atomic E-state index is 10.5. The molecule has 0 aliphatic rings. The molecule has 90 valence electrons. The van der Waals surface area contributed by atoms with Gasteiger partial charge < -0.3 is 4.74 Å². The number of para-hydroxylation sites is 1. The average molecular weight is 285 g/mol. The van der Waals surface area contributed by atoms with Gasteiger partial charge in [0.1, 0.15) is 5.75 Å². The van der Waals surface area contributed by atoms with Crippen LogP contribution < -0.4 is 4.74 Å². The van der Waals surface area contributed by atoms with Crippen molar-refractivity contribution >= 4 is 33.3 Å². The molecule has 0 aliphatic heterocycles. The van der Waals surface area contributed by atoms with Crippen molar-refractivity contribution in [1.29, 1.82) is 0 Å². The highest BCUT2D eigenvalue weighted by Crippen LogP contribution is 2.29. The van der Waals surface area contributed by atoms with Gasteiger partial charge in [-0.15, -0.1) is 0 Å². The molecule has 0 aliphatic carbocycles. The highest BCUT2D eigenvalue weighted by atomic mass is 35.5. The summed E-state index contributed by atoms with van der Waals surface area (Å²) in [7, 11) is -4.10. The van der Waals surface area contributed by atoms with E-state index in [2.05, 4.69) is 0 Å². The summed E-state index contributed by atoms with van der Waals surface area (Å²) in [6.45, 7) is 0. The topological polar surface area (TPSA) is 63.6 Å². The second-order valence-corrected chi connectivity index (χ2v) is 6.08. The number of hydrogen-bond acceptors (Lipinski definition) is 3. The van der Waals surface area contributed by atoms with Gasteiger partial charge in [-0.05, 0) is 12.1 Å². The van der Waals surface area contributed by atoms with Gasteiger partial charge in [-0.25, -0.2) is 0 Å².